The predicted molar refractivity (Wildman–Crippen MR) is 155 cm³/mol. The lowest BCUT2D eigenvalue weighted by Crippen LogP contribution is -2.33. The molecule has 5 aromatic carbocycles. The summed E-state index contributed by atoms with van der Waals surface area (Å²) in [4.78, 5) is 5.13. The molecule has 1 heterocycles. The molecule has 0 aliphatic heterocycles. The van der Waals surface area contributed by atoms with Crippen LogP contribution in [0.15, 0.2) is 109 Å². The van der Waals surface area contributed by atoms with Crippen molar-refractivity contribution in [3.8, 4) is 5.69 Å². The molecule has 3 heteroatoms. The lowest BCUT2D eigenvalue weighted by atomic mass is 10.0. The van der Waals surface area contributed by atoms with Crippen LogP contribution in [0.4, 0.5) is 11.4 Å². The maximum atomic E-state index is 5.13. The van der Waals surface area contributed by atoms with E-state index in [2.05, 4.69) is 108 Å². The second kappa shape index (κ2) is 11.5. The number of nitrogens with one attached hydrogen (secondary N) is 1. The SMILES string of the molecule is CC.CC.Cc1ccc2nc3c4ccccc4c(Nc4ccccc4)cc3[n+](-c3ccccc3)c2c1. The summed E-state index contributed by atoms with van der Waals surface area (Å²) in [6.07, 6.45) is 0. The second-order valence-electron chi connectivity index (χ2n) is 8.10. The first-order valence-corrected chi connectivity index (χ1v) is 12.8. The molecule has 0 saturated heterocycles. The van der Waals surface area contributed by atoms with Crippen LogP contribution >= 0.6 is 0 Å². The van der Waals surface area contributed by atoms with Crippen LogP contribution in [-0.2, 0) is 0 Å². The summed E-state index contributed by atoms with van der Waals surface area (Å²) in [5.74, 6) is 0. The third-order valence-electron chi connectivity index (χ3n) is 5.91. The lowest BCUT2D eigenvalue weighted by Gasteiger charge is -2.13. The average molecular weight is 473 g/mol. The molecule has 6 rings (SSSR count). The number of aromatic nitrogens is 2. The van der Waals surface area contributed by atoms with Crippen LogP contribution in [0, 0.1) is 6.92 Å². The van der Waals surface area contributed by atoms with Crippen molar-refractivity contribution < 1.29 is 4.57 Å². The van der Waals surface area contributed by atoms with Crippen molar-refractivity contribution in [1.82, 2.24) is 4.98 Å². The van der Waals surface area contributed by atoms with Crippen LogP contribution in [-0.4, -0.2) is 4.98 Å². The van der Waals surface area contributed by atoms with Crippen LogP contribution in [0.1, 0.15) is 33.3 Å². The Balaban J connectivity index is 0.000000726. The molecule has 0 radical (unpaired) electrons. The van der Waals surface area contributed by atoms with Crippen molar-refractivity contribution in [2.24, 2.45) is 0 Å². The molecule has 6 aromatic rings. The molecular weight excluding hydrogens is 438 g/mol. The van der Waals surface area contributed by atoms with E-state index in [0.29, 0.717) is 0 Å². The third-order valence-corrected chi connectivity index (χ3v) is 5.91. The zero-order valence-electron chi connectivity index (χ0n) is 21.8. The van der Waals surface area contributed by atoms with Crippen LogP contribution < -0.4 is 9.88 Å². The van der Waals surface area contributed by atoms with Gasteiger partial charge in [0.1, 0.15) is 11.0 Å². The first kappa shape index (κ1) is 24.9. The Morgan fingerprint density at radius 3 is 1.92 bits per heavy atom. The van der Waals surface area contributed by atoms with Crippen LogP contribution in [0.25, 0.3) is 38.5 Å². The summed E-state index contributed by atoms with van der Waals surface area (Å²) in [6.45, 7) is 10.1. The fourth-order valence-electron chi connectivity index (χ4n) is 4.43. The number of rotatable bonds is 3. The van der Waals surface area contributed by atoms with Crippen LogP contribution in [0.5, 0.6) is 0 Å². The van der Waals surface area contributed by atoms with Gasteiger partial charge in [-0.25, -0.2) is 4.98 Å². The van der Waals surface area contributed by atoms with Gasteiger partial charge >= 0.3 is 0 Å². The zero-order chi connectivity index (χ0) is 25.5. The number of anilines is 2. The largest absolute Gasteiger partial charge is 0.355 e. The van der Waals surface area contributed by atoms with Gasteiger partial charge in [0.25, 0.3) is 0 Å². The standard InChI is InChI=1S/C29H21N3.2C2H6/c1-20-16-17-25-27(18-20)32(22-12-6-3-7-13-22)28-19-26(30-21-10-4-2-5-11-21)23-14-8-9-15-24(23)29(28)31-25;2*1-2/h2-19H,1H3;2*1-2H3/p+1. The Labute approximate surface area is 214 Å². The minimum absolute atomic E-state index is 0.987. The highest BCUT2D eigenvalue weighted by Crippen LogP contribution is 2.33. The number of aryl methyl sites for hydroxylation is 1. The Morgan fingerprint density at radius 2 is 1.22 bits per heavy atom. The van der Waals surface area contributed by atoms with Crippen molar-refractivity contribution >= 4 is 44.2 Å². The van der Waals surface area contributed by atoms with Gasteiger partial charge in [-0.2, -0.15) is 0 Å². The number of hydrogen-bond acceptors (Lipinski definition) is 2. The van der Waals surface area contributed by atoms with Gasteiger partial charge in [0.15, 0.2) is 0 Å². The van der Waals surface area contributed by atoms with E-state index >= 15 is 0 Å². The normalized spacial score (nSPS) is 10.4. The summed E-state index contributed by atoms with van der Waals surface area (Å²) in [5, 5.41) is 5.93. The highest BCUT2D eigenvalue weighted by Gasteiger charge is 2.22. The minimum atomic E-state index is 0.987. The van der Waals surface area contributed by atoms with E-state index in [4.69, 9.17) is 4.98 Å². The first-order chi connectivity index (χ1) is 17.8. The van der Waals surface area contributed by atoms with E-state index in [1.807, 2.05) is 45.9 Å². The molecule has 1 N–H and O–H groups in total. The zero-order valence-corrected chi connectivity index (χ0v) is 21.8. The second-order valence-corrected chi connectivity index (χ2v) is 8.10. The highest BCUT2D eigenvalue weighted by molar-refractivity contribution is 6.11. The van der Waals surface area contributed by atoms with Crippen molar-refractivity contribution in [3.63, 3.8) is 0 Å². The highest BCUT2D eigenvalue weighted by atomic mass is 15.0. The van der Waals surface area contributed by atoms with Gasteiger partial charge in [-0.05, 0) is 30.7 Å². The van der Waals surface area contributed by atoms with Gasteiger partial charge in [0.2, 0.25) is 16.7 Å². The summed E-state index contributed by atoms with van der Waals surface area (Å²) in [6, 6.07) is 38.0. The van der Waals surface area contributed by atoms with Gasteiger partial charge in [0, 0.05) is 40.7 Å². The van der Waals surface area contributed by atoms with Gasteiger partial charge in [-0.15, -0.1) is 4.57 Å². The van der Waals surface area contributed by atoms with E-state index in [-0.39, 0.29) is 0 Å². The van der Waals surface area contributed by atoms with Gasteiger partial charge < -0.3 is 5.32 Å². The van der Waals surface area contributed by atoms with Gasteiger partial charge in [-0.1, -0.05) is 94.4 Å². The number of hydrogen-bond donors (Lipinski definition) is 1. The van der Waals surface area contributed by atoms with Crippen LogP contribution in [0.2, 0.25) is 0 Å². The van der Waals surface area contributed by atoms with E-state index in [1.165, 1.54) is 5.56 Å². The Hall–Kier alpha value is -4.24. The summed E-state index contributed by atoms with van der Waals surface area (Å²) in [5.41, 5.74) is 8.63. The van der Waals surface area contributed by atoms with Crippen molar-refractivity contribution in [1.29, 1.82) is 0 Å². The first-order valence-electron chi connectivity index (χ1n) is 12.8. The van der Waals surface area contributed by atoms with Crippen molar-refractivity contribution in [2.75, 3.05) is 5.32 Å². The predicted octanol–water partition coefficient (Wildman–Crippen LogP) is 8.92. The van der Waals surface area contributed by atoms with Crippen molar-refractivity contribution in [2.45, 2.75) is 34.6 Å². The fraction of sp³-hybridized carbons (Fsp3) is 0.152. The quantitative estimate of drug-likeness (QED) is 0.158. The summed E-state index contributed by atoms with van der Waals surface area (Å²) in [7, 11) is 0. The Bertz CT molecular complexity index is 1590. The molecule has 1 aromatic heterocycles. The van der Waals surface area contributed by atoms with Gasteiger partial charge in [0.05, 0.1) is 5.69 Å². The van der Waals surface area contributed by atoms with E-state index < -0.39 is 0 Å². The molecule has 0 unspecified atom stereocenters. The Morgan fingerprint density at radius 1 is 0.611 bits per heavy atom. The molecular formula is C33H34N3+. The van der Waals surface area contributed by atoms with E-state index in [1.54, 1.807) is 0 Å². The summed E-state index contributed by atoms with van der Waals surface area (Å²) >= 11 is 0. The van der Waals surface area contributed by atoms with Crippen LogP contribution in [0.3, 0.4) is 0 Å². The third kappa shape index (κ3) is 4.78. The molecule has 0 spiro atoms. The average Bonchev–Trinajstić information content (AvgIpc) is 2.95. The monoisotopic (exact) mass is 472 g/mol. The molecule has 0 amide bonds. The number of para-hydroxylation sites is 2. The van der Waals surface area contributed by atoms with E-state index in [9.17, 15) is 0 Å². The topological polar surface area (TPSA) is 28.8 Å². The van der Waals surface area contributed by atoms with E-state index in [0.717, 1.165) is 49.9 Å². The molecule has 0 aliphatic carbocycles. The number of nitrogens with zero attached hydrogens (tertiary/aromatic N) is 2. The molecule has 0 saturated carbocycles. The molecule has 36 heavy (non-hydrogen) atoms. The summed E-state index contributed by atoms with van der Waals surface area (Å²) < 4.78 is 2.33. The minimum Gasteiger partial charge on any atom is -0.355 e. The molecule has 180 valence electrons. The Kier molecular flexibility index (Phi) is 7.92. The maximum Gasteiger partial charge on any atom is 0.240 e. The molecule has 0 bridgehead atoms. The van der Waals surface area contributed by atoms with Crippen molar-refractivity contribution in [3.05, 3.63) is 115 Å². The molecule has 0 fully saturated rings. The number of benzene rings is 5. The fourth-order valence-corrected chi connectivity index (χ4v) is 4.43. The maximum absolute atomic E-state index is 5.13. The molecule has 3 nitrogen and oxygen atoms in total. The number of fused-ring (bicyclic) bond motifs is 4. The smallest absolute Gasteiger partial charge is 0.240 e. The molecule has 0 aliphatic rings. The lowest BCUT2D eigenvalue weighted by molar-refractivity contribution is -0.538. The van der Waals surface area contributed by atoms with Gasteiger partial charge in [-0.3, -0.25) is 0 Å². The molecule has 0 atom stereocenters.